The van der Waals surface area contributed by atoms with Gasteiger partial charge in [-0.2, -0.15) is 0 Å². The van der Waals surface area contributed by atoms with Crippen LogP contribution in [-0.4, -0.2) is 12.1 Å². The van der Waals surface area contributed by atoms with E-state index in [9.17, 15) is 4.39 Å². The van der Waals surface area contributed by atoms with Crippen molar-refractivity contribution in [1.29, 1.82) is 0 Å². The Morgan fingerprint density at radius 3 is 2.33 bits per heavy atom. The lowest BCUT2D eigenvalue weighted by Gasteiger charge is -2.35. The highest BCUT2D eigenvalue weighted by Gasteiger charge is 2.29. The zero-order valence-electron chi connectivity index (χ0n) is 12.7. The molecule has 1 aliphatic heterocycles. The number of nitrogens with one attached hydrogen (secondary N) is 1. The molecule has 1 aromatic rings. The smallest absolute Gasteiger partial charge is 0.143 e. The van der Waals surface area contributed by atoms with Crippen LogP contribution >= 0.6 is 0 Å². The van der Waals surface area contributed by atoms with Crippen molar-refractivity contribution in [1.82, 2.24) is 0 Å². The molecule has 0 radical (unpaired) electrons. The van der Waals surface area contributed by atoms with Gasteiger partial charge < -0.3 is 10.1 Å². The molecule has 0 saturated heterocycles. The van der Waals surface area contributed by atoms with E-state index in [0.717, 1.165) is 24.3 Å². The topological polar surface area (TPSA) is 21.3 Å². The number of anilines is 1. The molecule has 21 heavy (non-hydrogen) atoms. The molecular formula is C18H26FNO. The quantitative estimate of drug-likeness (QED) is 0.702. The summed E-state index contributed by atoms with van der Waals surface area (Å²) in [6.07, 6.45) is 13.0. The minimum atomic E-state index is -0.198. The van der Waals surface area contributed by atoms with E-state index < -0.39 is 0 Å². The predicted molar refractivity (Wildman–Crippen MR) is 84.4 cm³/mol. The number of fused-ring (bicyclic) bond motifs is 2. The normalized spacial score (nSPS) is 27.1. The number of hydrogen-bond acceptors (Lipinski definition) is 2. The van der Waals surface area contributed by atoms with Crippen LogP contribution in [0.4, 0.5) is 10.1 Å². The summed E-state index contributed by atoms with van der Waals surface area (Å²) in [5.41, 5.74) is 0.823. The first kappa shape index (κ1) is 14.7. The Morgan fingerprint density at radius 1 is 0.905 bits per heavy atom. The molecule has 1 fully saturated rings. The van der Waals surface area contributed by atoms with E-state index in [4.69, 9.17) is 4.74 Å². The average molecular weight is 291 g/mol. The first-order valence-electron chi connectivity index (χ1n) is 8.56. The van der Waals surface area contributed by atoms with Gasteiger partial charge in [0.15, 0.2) is 0 Å². The second-order valence-electron chi connectivity index (χ2n) is 6.45. The van der Waals surface area contributed by atoms with Gasteiger partial charge in [-0.1, -0.05) is 44.9 Å². The lowest BCUT2D eigenvalue weighted by molar-refractivity contribution is 0.148. The van der Waals surface area contributed by atoms with Gasteiger partial charge in [0.1, 0.15) is 17.7 Å². The first-order valence-corrected chi connectivity index (χ1v) is 8.56. The summed E-state index contributed by atoms with van der Waals surface area (Å²) >= 11 is 0. The standard InChI is InChI=1S/C18H26FNO/c19-14-11-12-18-16(13-14)20-15-9-7-5-3-1-2-4-6-8-10-17(15)21-18/h11-13,15,17,20H,1-10H2. The minimum absolute atomic E-state index is 0.198. The molecule has 0 amide bonds. The molecule has 1 N–H and O–H groups in total. The molecule has 116 valence electrons. The van der Waals surface area contributed by atoms with Gasteiger partial charge >= 0.3 is 0 Å². The van der Waals surface area contributed by atoms with Crippen molar-refractivity contribution in [3.8, 4) is 5.75 Å². The van der Waals surface area contributed by atoms with Crippen LogP contribution in [0.1, 0.15) is 64.2 Å². The molecule has 0 aromatic heterocycles. The van der Waals surface area contributed by atoms with Gasteiger partial charge in [0.05, 0.1) is 11.7 Å². The summed E-state index contributed by atoms with van der Waals surface area (Å²) in [5, 5.41) is 3.53. The van der Waals surface area contributed by atoms with E-state index in [0.29, 0.717) is 6.04 Å². The molecule has 0 spiro atoms. The number of ether oxygens (including phenoxy) is 1. The second kappa shape index (κ2) is 7.15. The van der Waals surface area contributed by atoms with Crippen LogP contribution in [0.15, 0.2) is 18.2 Å². The second-order valence-corrected chi connectivity index (χ2v) is 6.45. The average Bonchev–Trinajstić information content (AvgIpc) is 2.47. The number of benzene rings is 1. The van der Waals surface area contributed by atoms with Gasteiger partial charge in [-0.25, -0.2) is 4.39 Å². The highest BCUT2D eigenvalue weighted by Crippen LogP contribution is 2.35. The minimum Gasteiger partial charge on any atom is -0.486 e. The third kappa shape index (κ3) is 3.90. The zero-order chi connectivity index (χ0) is 14.5. The van der Waals surface area contributed by atoms with Crippen LogP contribution in [0.2, 0.25) is 0 Å². The highest BCUT2D eigenvalue weighted by molar-refractivity contribution is 5.59. The molecule has 1 aliphatic carbocycles. The fraction of sp³-hybridized carbons (Fsp3) is 0.667. The van der Waals surface area contributed by atoms with E-state index in [-0.39, 0.29) is 11.9 Å². The van der Waals surface area contributed by atoms with Crippen molar-refractivity contribution in [3.05, 3.63) is 24.0 Å². The number of rotatable bonds is 0. The van der Waals surface area contributed by atoms with Crippen molar-refractivity contribution in [2.45, 2.75) is 76.4 Å². The lowest BCUT2D eigenvalue weighted by Crippen LogP contribution is -2.41. The Morgan fingerprint density at radius 2 is 1.57 bits per heavy atom. The summed E-state index contributed by atoms with van der Waals surface area (Å²) in [5.74, 6) is 0.612. The summed E-state index contributed by atoms with van der Waals surface area (Å²) in [7, 11) is 0. The van der Waals surface area contributed by atoms with Gasteiger partial charge in [-0.3, -0.25) is 0 Å². The van der Waals surface area contributed by atoms with Crippen molar-refractivity contribution < 1.29 is 9.13 Å². The summed E-state index contributed by atoms with van der Waals surface area (Å²) in [4.78, 5) is 0. The van der Waals surface area contributed by atoms with E-state index in [2.05, 4.69) is 5.32 Å². The Labute approximate surface area is 127 Å². The molecule has 3 heteroatoms. The predicted octanol–water partition coefficient (Wildman–Crippen LogP) is 5.28. The number of halogens is 1. The third-order valence-corrected chi connectivity index (χ3v) is 4.76. The highest BCUT2D eigenvalue weighted by atomic mass is 19.1. The van der Waals surface area contributed by atoms with Gasteiger partial charge in [0.2, 0.25) is 0 Å². The SMILES string of the molecule is Fc1ccc2c(c1)NC1CCCCCCCCCCC1O2. The first-order chi connectivity index (χ1) is 10.3. The maximum atomic E-state index is 13.4. The van der Waals surface area contributed by atoms with E-state index >= 15 is 0 Å². The fourth-order valence-electron chi connectivity index (χ4n) is 3.54. The van der Waals surface area contributed by atoms with Crippen molar-refractivity contribution >= 4 is 5.69 Å². The Balaban J connectivity index is 1.70. The van der Waals surface area contributed by atoms with Crippen LogP contribution in [-0.2, 0) is 0 Å². The molecule has 0 bridgehead atoms. The van der Waals surface area contributed by atoms with Crippen molar-refractivity contribution in [3.63, 3.8) is 0 Å². The maximum absolute atomic E-state index is 13.4. The monoisotopic (exact) mass is 291 g/mol. The fourth-order valence-corrected chi connectivity index (χ4v) is 3.54. The Bertz CT molecular complexity index is 463. The molecular weight excluding hydrogens is 265 g/mol. The van der Waals surface area contributed by atoms with Crippen LogP contribution in [0.3, 0.4) is 0 Å². The third-order valence-electron chi connectivity index (χ3n) is 4.76. The van der Waals surface area contributed by atoms with Crippen molar-refractivity contribution in [2.24, 2.45) is 0 Å². The van der Waals surface area contributed by atoms with Gasteiger partial charge in [-0.05, 0) is 31.4 Å². The van der Waals surface area contributed by atoms with Gasteiger partial charge in [-0.15, -0.1) is 0 Å². The van der Waals surface area contributed by atoms with Crippen LogP contribution < -0.4 is 10.1 Å². The lowest BCUT2D eigenvalue weighted by atomic mass is 9.94. The van der Waals surface area contributed by atoms with Gasteiger partial charge in [0.25, 0.3) is 0 Å². The molecule has 2 unspecified atom stereocenters. The van der Waals surface area contributed by atoms with Crippen LogP contribution in [0.25, 0.3) is 0 Å². The van der Waals surface area contributed by atoms with E-state index in [1.54, 1.807) is 12.1 Å². The van der Waals surface area contributed by atoms with Gasteiger partial charge in [0, 0.05) is 6.07 Å². The molecule has 2 aliphatic rings. The summed E-state index contributed by atoms with van der Waals surface area (Å²) in [6.45, 7) is 0. The van der Waals surface area contributed by atoms with Crippen LogP contribution in [0.5, 0.6) is 5.75 Å². The Hall–Kier alpha value is -1.25. The zero-order valence-corrected chi connectivity index (χ0v) is 12.7. The van der Waals surface area contributed by atoms with Crippen LogP contribution in [0, 0.1) is 5.82 Å². The molecule has 3 rings (SSSR count). The Kier molecular flexibility index (Phi) is 5.00. The van der Waals surface area contributed by atoms with E-state index in [1.807, 2.05) is 0 Å². The molecule has 1 aromatic carbocycles. The molecule has 2 atom stereocenters. The molecule has 1 saturated carbocycles. The van der Waals surface area contributed by atoms with E-state index in [1.165, 1.54) is 57.4 Å². The largest absolute Gasteiger partial charge is 0.486 e. The number of hydrogen-bond donors (Lipinski definition) is 1. The van der Waals surface area contributed by atoms with Crippen molar-refractivity contribution in [2.75, 3.05) is 5.32 Å². The molecule has 1 heterocycles. The maximum Gasteiger partial charge on any atom is 0.143 e. The molecule has 2 nitrogen and oxygen atoms in total. The summed E-state index contributed by atoms with van der Waals surface area (Å²) < 4.78 is 19.6. The summed E-state index contributed by atoms with van der Waals surface area (Å²) in [6, 6.07) is 5.13.